The molecule has 1 aliphatic heterocycles. The van der Waals surface area contributed by atoms with Gasteiger partial charge in [-0.05, 0) is 45.4 Å². The lowest BCUT2D eigenvalue weighted by molar-refractivity contribution is 0.0289. The number of nitrogens with one attached hydrogen (secondary N) is 2. The zero-order valence-corrected chi connectivity index (χ0v) is 15.1. The monoisotopic (exact) mass is 341 g/mol. The van der Waals surface area contributed by atoms with Crippen LogP contribution in [0, 0.1) is 0 Å². The summed E-state index contributed by atoms with van der Waals surface area (Å²) in [6.07, 6.45) is 3.74. The molecule has 2 atom stereocenters. The molecule has 0 radical (unpaired) electrons. The maximum atomic E-state index is 12.9. The van der Waals surface area contributed by atoms with Gasteiger partial charge >= 0.3 is 0 Å². The maximum absolute atomic E-state index is 12.9. The fraction of sp³-hybridized carbons (Fsp3) is 0.450. The number of aliphatic hydroxyl groups is 1. The molecule has 5 nitrogen and oxygen atoms in total. The lowest BCUT2D eigenvalue weighted by atomic mass is 9.79. The molecule has 1 aromatic carbocycles. The summed E-state index contributed by atoms with van der Waals surface area (Å²) < 4.78 is 2.02. The van der Waals surface area contributed by atoms with Crippen LogP contribution in [0.25, 0.3) is 0 Å². The van der Waals surface area contributed by atoms with E-state index in [1.165, 1.54) is 0 Å². The van der Waals surface area contributed by atoms with Crippen molar-refractivity contribution in [1.29, 1.82) is 0 Å². The normalized spacial score (nSPS) is 24.1. The third kappa shape index (κ3) is 3.48. The molecule has 0 aliphatic carbocycles. The summed E-state index contributed by atoms with van der Waals surface area (Å²) in [6.45, 7) is 7.48. The van der Waals surface area contributed by atoms with Gasteiger partial charge < -0.3 is 20.3 Å². The molecule has 1 saturated heterocycles. The summed E-state index contributed by atoms with van der Waals surface area (Å²) in [7, 11) is 0. The second kappa shape index (κ2) is 6.65. The zero-order valence-electron chi connectivity index (χ0n) is 15.1. The van der Waals surface area contributed by atoms with Crippen LogP contribution in [0.5, 0.6) is 0 Å². The minimum absolute atomic E-state index is 0.0794. The van der Waals surface area contributed by atoms with E-state index in [4.69, 9.17) is 0 Å². The van der Waals surface area contributed by atoms with Gasteiger partial charge in [0.25, 0.3) is 5.91 Å². The number of hydrogen-bond acceptors (Lipinski definition) is 3. The first-order chi connectivity index (χ1) is 11.8. The van der Waals surface area contributed by atoms with Gasteiger partial charge in [-0.15, -0.1) is 0 Å². The minimum Gasteiger partial charge on any atom is -0.389 e. The van der Waals surface area contributed by atoms with Crippen molar-refractivity contribution in [1.82, 2.24) is 15.2 Å². The Labute approximate surface area is 149 Å². The fourth-order valence-electron chi connectivity index (χ4n) is 3.38. The fourth-order valence-corrected chi connectivity index (χ4v) is 3.38. The van der Waals surface area contributed by atoms with E-state index in [1.807, 2.05) is 53.4 Å². The third-order valence-corrected chi connectivity index (χ3v) is 4.96. The highest BCUT2D eigenvalue weighted by molar-refractivity contribution is 5.94. The standard InChI is InChI=1S/C20H27N3O2/c1-19(2,3)23-12-9-15(14-23)18(25)22-20(10-11-21-13-17(20)24)16-7-5-4-6-8-16/h4-9,12,14,17,21,24H,10-11,13H2,1-3H3,(H,22,25)/t17-,20+/m1/s1. The van der Waals surface area contributed by atoms with Crippen molar-refractivity contribution in [3.63, 3.8) is 0 Å². The number of amides is 1. The second-order valence-electron chi connectivity index (χ2n) is 7.74. The van der Waals surface area contributed by atoms with Crippen LogP contribution in [0.3, 0.4) is 0 Å². The summed E-state index contributed by atoms with van der Waals surface area (Å²) in [5.41, 5.74) is 0.695. The Hall–Kier alpha value is -2.11. The number of aromatic nitrogens is 1. The van der Waals surface area contributed by atoms with Crippen LogP contribution in [0.15, 0.2) is 48.8 Å². The van der Waals surface area contributed by atoms with Crippen molar-refractivity contribution in [2.24, 2.45) is 0 Å². The lowest BCUT2D eigenvalue weighted by Crippen LogP contribution is -2.61. The Morgan fingerprint density at radius 1 is 1.28 bits per heavy atom. The molecule has 134 valence electrons. The van der Waals surface area contributed by atoms with Gasteiger partial charge in [0.1, 0.15) is 0 Å². The molecule has 1 amide bonds. The molecule has 0 unspecified atom stereocenters. The minimum atomic E-state index is -0.770. The van der Waals surface area contributed by atoms with E-state index in [1.54, 1.807) is 0 Å². The number of carbonyl (C=O) groups excluding carboxylic acids is 1. The average molecular weight is 341 g/mol. The van der Waals surface area contributed by atoms with E-state index in [0.29, 0.717) is 18.5 Å². The van der Waals surface area contributed by atoms with Crippen molar-refractivity contribution >= 4 is 5.91 Å². The van der Waals surface area contributed by atoms with Crippen molar-refractivity contribution in [2.75, 3.05) is 13.1 Å². The van der Waals surface area contributed by atoms with Crippen molar-refractivity contribution in [3.05, 3.63) is 59.9 Å². The zero-order chi connectivity index (χ0) is 18.1. The van der Waals surface area contributed by atoms with E-state index < -0.39 is 11.6 Å². The molecule has 1 fully saturated rings. The highest BCUT2D eigenvalue weighted by Crippen LogP contribution is 2.31. The summed E-state index contributed by atoms with van der Waals surface area (Å²) >= 11 is 0. The van der Waals surface area contributed by atoms with Gasteiger partial charge in [0, 0.05) is 24.5 Å². The number of hydrogen-bond donors (Lipinski definition) is 3. The topological polar surface area (TPSA) is 66.3 Å². The van der Waals surface area contributed by atoms with Crippen molar-refractivity contribution in [3.8, 4) is 0 Å². The van der Waals surface area contributed by atoms with E-state index in [9.17, 15) is 9.90 Å². The number of rotatable bonds is 3. The Bertz CT molecular complexity index is 733. The van der Waals surface area contributed by atoms with Crippen LogP contribution in [0.1, 0.15) is 43.1 Å². The van der Waals surface area contributed by atoms with Gasteiger partial charge in [-0.2, -0.15) is 0 Å². The molecule has 2 heterocycles. The number of piperidine rings is 1. The van der Waals surface area contributed by atoms with E-state index in [-0.39, 0.29) is 11.4 Å². The first-order valence-electron chi connectivity index (χ1n) is 8.78. The number of nitrogens with zero attached hydrogens (tertiary/aromatic N) is 1. The Morgan fingerprint density at radius 3 is 2.60 bits per heavy atom. The SMILES string of the molecule is CC(C)(C)n1ccc(C(=O)N[C@]2(c3ccccc3)CCNC[C@H]2O)c1. The van der Waals surface area contributed by atoms with Crippen LogP contribution in [-0.2, 0) is 11.1 Å². The molecule has 0 saturated carbocycles. The predicted octanol–water partition coefficient (Wildman–Crippen LogP) is 2.22. The van der Waals surface area contributed by atoms with Crippen LogP contribution < -0.4 is 10.6 Å². The van der Waals surface area contributed by atoms with Gasteiger partial charge in [-0.3, -0.25) is 4.79 Å². The van der Waals surface area contributed by atoms with Gasteiger partial charge in [0.05, 0.1) is 17.2 Å². The highest BCUT2D eigenvalue weighted by atomic mass is 16.3. The Kier molecular flexibility index (Phi) is 4.71. The van der Waals surface area contributed by atoms with Gasteiger partial charge in [-0.1, -0.05) is 30.3 Å². The first kappa shape index (κ1) is 17.7. The number of benzene rings is 1. The average Bonchev–Trinajstić information content (AvgIpc) is 3.08. The van der Waals surface area contributed by atoms with Crippen molar-refractivity contribution < 1.29 is 9.90 Å². The summed E-state index contributed by atoms with van der Waals surface area (Å²) in [6, 6.07) is 11.6. The van der Waals surface area contributed by atoms with E-state index in [0.717, 1.165) is 12.1 Å². The molecule has 1 aromatic heterocycles. The maximum Gasteiger partial charge on any atom is 0.253 e. The lowest BCUT2D eigenvalue weighted by Gasteiger charge is -2.42. The van der Waals surface area contributed by atoms with Crippen LogP contribution in [0.4, 0.5) is 0 Å². The molecule has 5 heteroatoms. The largest absolute Gasteiger partial charge is 0.389 e. The first-order valence-corrected chi connectivity index (χ1v) is 8.78. The number of aliphatic hydroxyl groups excluding tert-OH is 1. The highest BCUT2D eigenvalue weighted by Gasteiger charge is 2.43. The summed E-state index contributed by atoms with van der Waals surface area (Å²) in [4.78, 5) is 12.9. The van der Waals surface area contributed by atoms with Crippen molar-refractivity contribution in [2.45, 2.75) is 44.4 Å². The van der Waals surface area contributed by atoms with E-state index in [2.05, 4.69) is 31.4 Å². The molecule has 2 aromatic rings. The van der Waals surface area contributed by atoms with Gasteiger partial charge in [0.2, 0.25) is 0 Å². The molecular formula is C20H27N3O2. The second-order valence-corrected chi connectivity index (χ2v) is 7.74. The number of carbonyl (C=O) groups is 1. The van der Waals surface area contributed by atoms with E-state index >= 15 is 0 Å². The quantitative estimate of drug-likeness (QED) is 0.802. The Morgan fingerprint density at radius 2 is 2.00 bits per heavy atom. The molecule has 25 heavy (non-hydrogen) atoms. The van der Waals surface area contributed by atoms with Gasteiger partial charge in [-0.25, -0.2) is 0 Å². The molecule has 3 N–H and O–H groups in total. The third-order valence-electron chi connectivity index (χ3n) is 4.96. The van der Waals surface area contributed by atoms with Crippen LogP contribution >= 0.6 is 0 Å². The smallest absolute Gasteiger partial charge is 0.253 e. The van der Waals surface area contributed by atoms with Crippen LogP contribution in [-0.4, -0.2) is 34.8 Å². The Balaban J connectivity index is 1.91. The predicted molar refractivity (Wildman–Crippen MR) is 98.5 cm³/mol. The molecule has 0 bridgehead atoms. The van der Waals surface area contributed by atoms with Gasteiger partial charge in [0.15, 0.2) is 0 Å². The van der Waals surface area contributed by atoms with Crippen LogP contribution in [0.2, 0.25) is 0 Å². The molecule has 1 aliphatic rings. The molecule has 0 spiro atoms. The molecular weight excluding hydrogens is 314 g/mol. The summed E-state index contributed by atoms with van der Waals surface area (Å²) in [5, 5.41) is 17.0. The summed E-state index contributed by atoms with van der Waals surface area (Å²) in [5.74, 6) is -0.159. The molecule has 3 rings (SSSR count). The number of β-amino-alcohol motifs (C(OH)–C–C–N with tert-alkyl or cyclic N) is 1.